The number of hydrogen-bond donors (Lipinski definition) is 1. The van der Waals surface area contributed by atoms with Gasteiger partial charge in [-0.05, 0) is 12.1 Å². The van der Waals surface area contributed by atoms with Gasteiger partial charge >= 0.3 is 0 Å². The van der Waals surface area contributed by atoms with Crippen molar-refractivity contribution in [1.82, 2.24) is 19.8 Å². The van der Waals surface area contributed by atoms with Gasteiger partial charge in [0, 0.05) is 50.9 Å². The van der Waals surface area contributed by atoms with E-state index in [2.05, 4.69) is 15.3 Å². The Morgan fingerprint density at radius 3 is 2.43 bits per heavy atom. The van der Waals surface area contributed by atoms with Crippen LogP contribution in [-0.4, -0.2) is 71.0 Å². The molecule has 0 atom stereocenters. The van der Waals surface area contributed by atoms with Crippen LogP contribution in [-0.2, 0) is 4.79 Å². The Hall–Kier alpha value is -3.36. The number of fused-ring (bicyclic) bond motifs is 1. The van der Waals surface area contributed by atoms with Crippen molar-refractivity contribution >= 4 is 23.3 Å². The van der Waals surface area contributed by atoms with Crippen molar-refractivity contribution in [2.75, 3.05) is 44.7 Å². The second-order valence-corrected chi connectivity index (χ2v) is 6.57. The van der Waals surface area contributed by atoms with E-state index < -0.39 is 0 Å². The number of aromatic nitrogens is 2. The van der Waals surface area contributed by atoms with E-state index in [1.54, 1.807) is 15.9 Å². The molecule has 0 bridgehead atoms. The van der Waals surface area contributed by atoms with Crippen LogP contribution in [0, 0.1) is 0 Å². The number of amides is 2. The highest BCUT2D eigenvalue weighted by Crippen LogP contribution is 2.33. The Bertz CT molecular complexity index is 896. The van der Waals surface area contributed by atoms with Crippen LogP contribution in [0.25, 0.3) is 0 Å². The summed E-state index contributed by atoms with van der Waals surface area (Å²) >= 11 is 0. The molecule has 1 fully saturated rings. The van der Waals surface area contributed by atoms with Crippen molar-refractivity contribution in [3.8, 4) is 11.5 Å². The van der Waals surface area contributed by atoms with Crippen LogP contribution in [0.15, 0.2) is 30.6 Å². The van der Waals surface area contributed by atoms with E-state index in [4.69, 9.17) is 9.47 Å². The Labute approximate surface area is 162 Å². The average molecular weight is 383 g/mol. The van der Waals surface area contributed by atoms with Crippen LogP contribution in [0.1, 0.15) is 17.4 Å². The third-order valence-electron chi connectivity index (χ3n) is 4.71. The highest BCUT2D eigenvalue weighted by atomic mass is 16.6. The molecule has 0 spiro atoms. The zero-order valence-electron chi connectivity index (χ0n) is 15.6. The van der Waals surface area contributed by atoms with Gasteiger partial charge in [-0.3, -0.25) is 9.59 Å². The number of rotatable bonds is 3. The maximum atomic E-state index is 12.7. The molecule has 1 aromatic heterocycles. The largest absolute Gasteiger partial charge is 0.486 e. The number of carbonyl (C=O) groups is 2. The lowest BCUT2D eigenvalue weighted by atomic mass is 10.2. The smallest absolute Gasteiger partial charge is 0.272 e. The summed E-state index contributed by atoms with van der Waals surface area (Å²) in [7, 11) is 0. The fourth-order valence-corrected chi connectivity index (χ4v) is 3.20. The van der Waals surface area contributed by atoms with Gasteiger partial charge in [0.05, 0.1) is 0 Å². The fourth-order valence-electron chi connectivity index (χ4n) is 3.20. The van der Waals surface area contributed by atoms with Crippen LogP contribution in [0.4, 0.5) is 11.5 Å². The summed E-state index contributed by atoms with van der Waals surface area (Å²) in [6.45, 7) is 4.65. The van der Waals surface area contributed by atoms with E-state index in [1.165, 1.54) is 13.3 Å². The van der Waals surface area contributed by atoms with Crippen LogP contribution in [0.5, 0.6) is 11.5 Å². The van der Waals surface area contributed by atoms with Gasteiger partial charge < -0.3 is 24.6 Å². The highest BCUT2D eigenvalue weighted by Gasteiger charge is 2.24. The molecule has 2 aliphatic heterocycles. The van der Waals surface area contributed by atoms with Gasteiger partial charge in [0.25, 0.3) is 5.91 Å². The molecule has 2 aliphatic rings. The predicted octanol–water partition coefficient (Wildman–Crippen LogP) is 1.30. The van der Waals surface area contributed by atoms with Gasteiger partial charge in [-0.15, -0.1) is 0 Å². The summed E-state index contributed by atoms with van der Waals surface area (Å²) in [6.07, 6.45) is 1.36. The molecule has 0 unspecified atom stereocenters. The van der Waals surface area contributed by atoms with E-state index in [0.29, 0.717) is 62.4 Å². The van der Waals surface area contributed by atoms with Gasteiger partial charge in [-0.1, -0.05) is 0 Å². The third kappa shape index (κ3) is 3.83. The third-order valence-corrected chi connectivity index (χ3v) is 4.71. The van der Waals surface area contributed by atoms with Crippen molar-refractivity contribution in [2.24, 2.45) is 0 Å². The monoisotopic (exact) mass is 383 g/mol. The number of anilines is 2. The van der Waals surface area contributed by atoms with Crippen molar-refractivity contribution in [3.05, 3.63) is 36.3 Å². The number of nitrogens with zero attached hydrogens (tertiary/aromatic N) is 4. The second-order valence-electron chi connectivity index (χ2n) is 6.57. The van der Waals surface area contributed by atoms with E-state index in [1.807, 2.05) is 18.2 Å². The standard InChI is InChI=1S/C19H21N5O4/c1-13(25)23-4-6-24(7-5-23)19(26)15-11-18(21-12-20-15)22-14-2-3-16-17(10-14)28-9-8-27-16/h2-3,10-12H,4-9H2,1H3,(H,20,21,22). The quantitative estimate of drug-likeness (QED) is 0.853. The lowest BCUT2D eigenvalue weighted by Gasteiger charge is -2.34. The average Bonchev–Trinajstić information content (AvgIpc) is 2.73. The first-order valence-electron chi connectivity index (χ1n) is 9.13. The van der Waals surface area contributed by atoms with Crippen molar-refractivity contribution < 1.29 is 19.1 Å². The minimum Gasteiger partial charge on any atom is -0.486 e. The molecular weight excluding hydrogens is 362 g/mol. The molecular formula is C19H21N5O4. The molecule has 28 heavy (non-hydrogen) atoms. The molecule has 9 heteroatoms. The van der Waals surface area contributed by atoms with Crippen molar-refractivity contribution in [2.45, 2.75) is 6.92 Å². The number of benzene rings is 1. The molecule has 3 heterocycles. The Morgan fingerprint density at radius 1 is 0.964 bits per heavy atom. The molecule has 4 rings (SSSR count). The molecule has 146 valence electrons. The summed E-state index contributed by atoms with van der Waals surface area (Å²) < 4.78 is 11.1. The van der Waals surface area contributed by atoms with Gasteiger partial charge in [0.1, 0.15) is 31.1 Å². The van der Waals surface area contributed by atoms with Crippen molar-refractivity contribution in [1.29, 1.82) is 0 Å². The summed E-state index contributed by atoms with van der Waals surface area (Å²) in [4.78, 5) is 35.9. The summed E-state index contributed by atoms with van der Waals surface area (Å²) in [5.41, 5.74) is 1.09. The molecule has 1 saturated heterocycles. The van der Waals surface area contributed by atoms with Gasteiger partial charge in [0.2, 0.25) is 5.91 Å². The summed E-state index contributed by atoms with van der Waals surface area (Å²) in [5.74, 6) is 1.75. The van der Waals surface area contributed by atoms with E-state index in [9.17, 15) is 9.59 Å². The van der Waals surface area contributed by atoms with E-state index in [-0.39, 0.29) is 11.8 Å². The van der Waals surface area contributed by atoms with Gasteiger partial charge in [0.15, 0.2) is 11.5 Å². The van der Waals surface area contributed by atoms with E-state index in [0.717, 1.165) is 5.69 Å². The lowest BCUT2D eigenvalue weighted by molar-refractivity contribution is -0.130. The molecule has 2 amide bonds. The molecule has 1 aromatic carbocycles. The Balaban J connectivity index is 1.44. The lowest BCUT2D eigenvalue weighted by Crippen LogP contribution is -2.50. The first-order chi connectivity index (χ1) is 13.6. The first kappa shape index (κ1) is 18.0. The number of ether oxygens (including phenoxy) is 2. The zero-order chi connectivity index (χ0) is 19.5. The van der Waals surface area contributed by atoms with Crippen LogP contribution < -0.4 is 14.8 Å². The SMILES string of the molecule is CC(=O)N1CCN(C(=O)c2cc(Nc3ccc4c(c3)OCCO4)ncn2)CC1. The van der Waals surface area contributed by atoms with Crippen LogP contribution >= 0.6 is 0 Å². The number of hydrogen-bond acceptors (Lipinski definition) is 7. The molecule has 0 saturated carbocycles. The molecule has 0 radical (unpaired) electrons. The minimum absolute atomic E-state index is 0.0278. The maximum Gasteiger partial charge on any atom is 0.272 e. The van der Waals surface area contributed by atoms with E-state index >= 15 is 0 Å². The summed E-state index contributed by atoms with van der Waals surface area (Å²) in [6, 6.07) is 7.15. The van der Waals surface area contributed by atoms with Gasteiger partial charge in [-0.2, -0.15) is 0 Å². The molecule has 2 aromatic rings. The van der Waals surface area contributed by atoms with Crippen LogP contribution in [0.3, 0.4) is 0 Å². The topological polar surface area (TPSA) is 96.9 Å². The molecule has 0 aliphatic carbocycles. The maximum absolute atomic E-state index is 12.7. The van der Waals surface area contributed by atoms with Crippen molar-refractivity contribution in [3.63, 3.8) is 0 Å². The van der Waals surface area contributed by atoms with Gasteiger partial charge in [-0.25, -0.2) is 9.97 Å². The summed E-state index contributed by atoms with van der Waals surface area (Å²) in [5, 5.41) is 3.16. The number of nitrogens with one attached hydrogen (secondary N) is 1. The normalized spacial score (nSPS) is 15.9. The molecule has 1 N–H and O–H groups in total. The highest BCUT2D eigenvalue weighted by molar-refractivity contribution is 5.93. The Kier molecular flexibility index (Phi) is 4.96. The zero-order valence-corrected chi connectivity index (χ0v) is 15.6. The fraction of sp³-hybridized carbons (Fsp3) is 0.368. The first-order valence-corrected chi connectivity index (χ1v) is 9.13. The molecule has 9 nitrogen and oxygen atoms in total. The minimum atomic E-state index is -0.171. The number of piperazine rings is 1. The number of carbonyl (C=O) groups excluding carboxylic acids is 2. The second kappa shape index (κ2) is 7.71. The van der Waals surface area contributed by atoms with Crippen LogP contribution in [0.2, 0.25) is 0 Å². The Morgan fingerprint density at radius 2 is 1.68 bits per heavy atom. The predicted molar refractivity (Wildman–Crippen MR) is 101 cm³/mol.